The molecule has 0 heterocycles. The maximum absolute atomic E-state index is 13.6. The Balaban J connectivity index is 1.35. The quantitative estimate of drug-likeness (QED) is 0.631. The van der Waals surface area contributed by atoms with Gasteiger partial charge in [-0.05, 0) is 34.4 Å². The van der Waals surface area contributed by atoms with Crippen molar-refractivity contribution in [1.29, 1.82) is 5.26 Å². The van der Waals surface area contributed by atoms with Gasteiger partial charge in [0.2, 0.25) is 0 Å². The second-order valence-corrected chi connectivity index (χ2v) is 6.91. The van der Waals surface area contributed by atoms with Crippen LogP contribution in [0.15, 0.2) is 60.7 Å². The number of amides is 1. The van der Waals surface area contributed by atoms with Gasteiger partial charge in [0.05, 0.1) is 6.54 Å². The Bertz CT molecular complexity index is 1200. The van der Waals surface area contributed by atoms with Crippen LogP contribution >= 0.6 is 0 Å². The molecule has 0 saturated heterocycles. The summed E-state index contributed by atoms with van der Waals surface area (Å²) in [5.74, 6) is 3.15. The number of nitrogens with zero attached hydrogens (tertiary/aromatic N) is 1. The zero-order chi connectivity index (χ0) is 21.8. The minimum absolute atomic E-state index is 0.0474. The molecule has 3 aromatic carbocycles. The zero-order valence-corrected chi connectivity index (χ0v) is 16.3. The smallest absolute Gasteiger partial charge is 0.407 e. The first-order valence-corrected chi connectivity index (χ1v) is 9.55. The molecule has 0 fully saturated rings. The van der Waals surface area contributed by atoms with E-state index in [0.29, 0.717) is 0 Å². The van der Waals surface area contributed by atoms with Gasteiger partial charge in [-0.3, -0.25) is 0 Å². The van der Waals surface area contributed by atoms with E-state index in [0.717, 1.165) is 34.4 Å². The highest BCUT2D eigenvalue weighted by molar-refractivity contribution is 5.79. The van der Waals surface area contributed by atoms with Gasteiger partial charge in [0.1, 0.15) is 29.9 Å². The van der Waals surface area contributed by atoms with Gasteiger partial charge in [0.25, 0.3) is 0 Å². The van der Waals surface area contributed by atoms with Crippen molar-refractivity contribution in [3.8, 4) is 29.0 Å². The highest BCUT2D eigenvalue weighted by Crippen LogP contribution is 2.44. The molecular weight excluding hydrogens is 398 g/mol. The van der Waals surface area contributed by atoms with Gasteiger partial charge in [-0.2, -0.15) is 5.26 Å². The fourth-order valence-corrected chi connectivity index (χ4v) is 3.66. The average molecular weight is 414 g/mol. The van der Waals surface area contributed by atoms with Crippen LogP contribution in [0.4, 0.5) is 13.6 Å². The third-order valence-corrected chi connectivity index (χ3v) is 5.05. The second kappa shape index (κ2) is 8.69. The normalized spacial score (nSPS) is 11.5. The molecule has 0 aliphatic heterocycles. The van der Waals surface area contributed by atoms with Crippen LogP contribution in [0.1, 0.15) is 28.2 Å². The average Bonchev–Trinajstić information content (AvgIpc) is 3.09. The lowest BCUT2D eigenvalue weighted by Gasteiger charge is -2.14. The fourth-order valence-electron chi connectivity index (χ4n) is 3.66. The number of fused-ring (bicyclic) bond motifs is 3. The second-order valence-electron chi connectivity index (χ2n) is 6.91. The number of halogens is 2. The number of nitrogens with one attached hydrogen (secondary N) is 1. The number of alkyl carbamates (subject to hydrolysis) is 1. The third kappa shape index (κ3) is 4.10. The SMILES string of the molecule is N#Cc1c(F)cc(C#CCNC(=O)OCC2c3ccccc3-c3ccccc32)cc1F. The molecule has 1 aliphatic rings. The zero-order valence-electron chi connectivity index (χ0n) is 16.3. The van der Waals surface area contributed by atoms with E-state index >= 15 is 0 Å². The molecule has 1 amide bonds. The Morgan fingerprint density at radius 2 is 1.58 bits per heavy atom. The molecule has 0 spiro atoms. The highest BCUT2D eigenvalue weighted by Gasteiger charge is 2.28. The van der Waals surface area contributed by atoms with Crippen LogP contribution in [0, 0.1) is 34.8 Å². The van der Waals surface area contributed by atoms with Crippen molar-refractivity contribution in [2.75, 3.05) is 13.2 Å². The topological polar surface area (TPSA) is 62.1 Å². The van der Waals surface area contributed by atoms with Crippen LogP contribution in [0.5, 0.6) is 0 Å². The number of ether oxygens (including phenoxy) is 1. The maximum atomic E-state index is 13.6. The van der Waals surface area contributed by atoms with Crippen molar-refractivity contribution in [2.45, 2.75) is 5.92 Å². The van der Waals surface area contributed by atoms with Crippen LogP contribution in [-0.4, -0.2) is 19.2 Å². The van der Waals surface area contributed by atoms with Crippen LogP contribution in [0.25, 0.3) is 11.1 Å². The van der Waals surface area contributed by atoms with E-state index in [9.17, 15) is 13.6 Å². The summed E-state index contributed by atoms with van der Waals surface area (Å²) in [4.78, 5) is 12.1. The Hall–Kier alpha value is -4.16. The number of rotatable bonds is 3. The summed E-state index contributed by atoms with van der Waals surface area (Å²) in [6, 6.07) is 19.5. The molecule has 0 radical (unpaired) electrons. The van der Waals surface area contributed by atoms with Gasteiger partial charge in [0, 0.05) is 11.5 Å². The standard InChI is InChI=1S/C25H16F2N2O2/c26-23-12-16(13-24(27)21(23)14-28)6-5-11-29-25(30)31-15-22-19-9-3-1-7-17(19)18-8-2-4-10-20(18)22/h1-4,7-10,12-13,22H,11,15H2,(H,29,30). The predicted molar refractivity (Wildman–Crippen MR) is 111 cm³/mol. The van der Waals surface area contributed by atoms with Crippen molar-refractivity contribution < 1.29 is 18.3 Å². The molecule has 31 heavy (non-hydrogen) atoms. The van der Waals surface area contributed by atoms with E-state index in [1.165, 1.54) is 6.07 Å². The monoisotopic (exact) mass is 414 g/mol. The van der Waals surface area contributed by atoms with Crippen LogP contribution in [-0.2, 0) is 4.74 Å². The van der Waals surface area contributed by atoms with Gasteiger partial charge in [0.15, 0.2) is 0 Å². The largest absolute Gasteiger partial charge is 0.449 e. The summed E-state index contributed by atoms with van der Waals surface area (Å²) in [5, 5.41) is 11.2. The molecule has 4 nitrogen and oxygen atoms in total. The van der Waals surface area contributed by atoms with E-state index in [1.54, 1.807) is 0 Å². The molecule has 0 bridgehead atoms. The molecule has 3 aromatic rings. The highest BCUT2D eigenvalue weighted by atomic mass is 19.1. The van der Waals surface area contributed by atoms with Gasteiger partial charge < -0.3 is 10.1 Å². The first-order valence-electron chi connectivity index (χ1n) is 9.55. The molecule has 1 aliphatic carbocycles. The Labute approximate surface area is 178 Å². The number of carbonyl (C=O) groups is 1. The molecule has 0 unspecified atom stereocenters. The van der Waals surface area contributed by atoms with Crippen molar-refractivity contribution in [3.05, 3.63) is 94.6 Å². The summed E-state index contributed by atoms with van der Waals surface area (Å²) in [5.41, 5.74) is 3.92. The lowest BCUT2D eigenvalue weighted by Crippen LogP contribution is -2.26. The van der Waals surface area contributed by atoms with Crippen LogP contribution < -0.4 is 5.32 Å². The van der Waals surface area contributed by atoms with Gasteiger partial charge in [-0.1, -0.05) is 60.4 Å². The van der Waals surface area contributed by atoms with Gasteiger partial charge in [-0.15, -0.1) is 0 Å². The third-order valence-electron chi connectivity index (χ3n) is 5.05. The Morgan fingerprint density at radius 1 is 1.00 bits per heavy atom. The Morgan fingerprint density at radius 3 is 2.16 bits per heavy atom. The number of hydrogen-bond acceptors (Lipinski definition) is 3. The Kier molecular flexibility index (Phi) is 5.64. The lowest BCUT2D eigenvalue weighted by molar-refractivity contribution is 0.144. The summed E-state index contributed by atoms with van der Waals surface area (Å²) < 4.78 is 32.6. The number of hydrogen-bond donors (Lipinski definition) is 1. The maximum Gasteiger partial charge on any atom is 0.407 e. The minimum atomic E-state index is -0.976. The number of carbonyl (C=O) groups excluding carboxylic acids is 1. The summed E-state index contributed by atoms with van der Waals surface area (Å²) >= 11 is 0. The van der Waals surface area contributed by atoms with Crippen molar-refractivity contribution >= 4 is 6.09 Å². The van der Waals surface area contributed by atoms with Crippen molar-refractivity contribution in [3.63, 3.8) is 0 Å². The van der Waals surface area contributed by atoms with Crippen molar-refractivity contribution in [2.24, 2.45) is 0 Å². The van der Waals surface area contributed by atoms with E-state index in [1.807, 2.05) is 36.4 Å². The van der Waals surface area contributed by atoms with E-state index in [-0.39, 0.29) is 24.6 Å². The molecule has 0 atom stereocenters. The fraction of sp³-hybridized carbons (Fsp3) is 0.120. The van der Waals surface area contributed by atoms with E-state index in [4.69, 9.17) is 10.00 Å². The summed E-state index contributed by atoms with van der Waals surface area (Å²) in [6.07, 6.45) is -0.631. The molecule has 6 heteroatoms. The molecule has 0 saturated carbocycles. The van der Waals surface area contributed by atoms with E-state index < -0.39 is 23.3 Å². The molecule has 0 aromatic heterocycles. The summed E-state index contributed by atoms with van der Waals surface area (Å²) in [7, 11) is 0. The van der Waals surface area contributed by atoms with Gasteiger partial charge in [-0.25, -0.2) is 13.6 Å². The van der Waals surface area contributed by atoms with Crippen molar-refractivity contribution in [1.82, 2.24) is 5.32 Å². The molecule has 1 N–H and O–H groups in total. The molecule has 4 rings (SSSR count). The van der Waals surface area contributed by atoms with Gasteiger partial charge >= 0.3 is 6.09 Å². The van der Waals surface area contributed by atoms with Crippen LogP contribution in [0.2, 0.25) is 0 Å². The van der Waals surface area contributed by atoms with E-state index in [2.05, 4.69) is 29.3 Å². The first-order chi connectivity index (χ1) is 15.1. The summed E-state index contributed by atoms with van der Waals surface area (Å²) in [6.45, 7) is 0.124. The minimum Gasteiger partial charge on any atom is -0.449 e. The number of nitriles is 1. The predicted octanol–water partition coefficient (Wildman–Crippen LogP) is 4.73. The number of benzene rings is 3. The van der Waals surface area contributed by atoms with Crippen LogP contribution in [0.3, 0.4) is 0 Å². The molecular formula is C25H16F2N2O2. The first kappa shape index (κ1) is 20.1. The lowest BCUT2D eigenvalue weighted by atomic mass is 9.98. The molecule has 152 valence electrons.